The molecule has 1 aliphatic heterocycles. The van der Waals surface area contributed by atoms with Crippen LogP contribution in [0, 0.1) is 0 Å². The zero-order valence-corrected chi connectivity index (χ0v) is 11.3. The zero-order chi connectivity index (χ0) is 13.3. The van der Waals surface area contributed by atoms with Gasteiger partial charge in [0.05, 0.1) is 12.2 Å². The Kier molecular flexibility index (Phi) is 4.91. The third-order valence-corrected chi connectivity index (χ3v) is 5.34. The average molecular weight is 278 g/mol. The molecule has 0 amide bonds. The second-order valence-corrected chi connectivity index (χ2v) is 6.55. The summed E-state index contributed by atoms with van der Waals surface area (Å²) in [6.45, 7) is 1.67. The first-order valence-electron chi connectivity index (χ1n) is 6.54. The van der Waals surface area contributed by atoms with Crippen LogP contribution >= 0.6 is 11.8 Å². The molecule has 2 unspecified atom stereocenters. The van der Waals surface area contributed by atoms with Crippen LogP contribution in [0.1, 0.15) is 32.6 Å². The van der Waals surface area contributed by atoms with Crippen molar-refractivity contribution < 1.29 is 25.2 Å². The number of aliphatic hydroxyl groups excluding tert-OH is 4. The molecule has 1 saturated heterocycles. The summed E-state index contributed by atoms with van der Waals surface area (Å²) in [7, 11) is 0. The van der Waals surface area contributed by atoms with Gasteiger partial charge in [0, 0.05) is 5.25 Å². The Morgan fingerprint density at radius 1 is 0.944 bits per heavy atom. The van der Waals surface area contributed by atoms with Crippen molar-refractivity contribution in [1.29, 1.82) is 0 Å². The minimum Gasteiger partial charge on any atom is -0.392 e. The van der Waals surface area contributed by atoms with E-state index in [-0.39, 0.29) is 11.4 Å². The lowest BCUT2D eigenvalue weighted by Gasteiger charge is -2.41. The molecule has 1 aliphatic carbocycles. The molecule has 2 rings (SSSR count). The van der Waals surface area contributed by atoms with Gasteiger partial charge < -0.3 is 25.2 Å². The molecular weight excluding hydrogens is 256 g/mol. The van der Waals surface area contributed by atoms with Crippen molar-refractivity contribution in [3.8, 4) is 0 Å². The first-order valence-corrected chi connectivity index (χ1v) is 7.48. The maximum absolute atomic E-state index is 9.91. The third-order valence-electron chi connectivity index (χ3n) is 3.78. The smallest absolute Gasteiger partial charge is 0.132 e. The summed E-state index contributed by atoms with van der Waals surface area (Å²) in [5.41, 5.74) is -0.587. The lowest BCUT2D eigenvalue weighted by atomic mass is 9.97. The minimum absolute atomic E-state index is 0.0352. The van der Waals surface area contributed by atoms with Crippen LogP contribution in [0.25, 0.3) is 0 Å². The van der Waals surface area contributed by atoms with Gasteiger partial charge in [0.2, 0.25) is 0 Å². The molecule has 2 aliphatic rings. The van der Waals surface area contributed by atoms with Crippen molar-refractivity contribution in [2.75, 3.05) is 0 Å². The first-order chi connectivity index (χ1) is 8.50. The van der Waals surface area contributed by atoms with Gasteiger partial charge in [-0.2, -0.15) is 0 Å². The topological polar surface area (TPSA) is 90.2 Å². The number of thioether (sulfide) groups is 1. The molecule has 2 fully saturated rings. The number of hydrogen-bond acceptors (Lipinski definition) is 6. The molecular formula is C12H22O5S. The van der Waals surface area contributed by atoms with Crippen LogP contribution in [-0.4, -0.2) is 61.6 Å². The first kappa shape index (κ1) is 14.6. The van der Waals surface area contributed by atoms with Crippen LogP contribution in [0.5, 0.6) is 0 Å². The van der Waals surface area contributed by atoms with Gasteiger partial charge in [0.1, 0.15) is 23.7 Å². The molecule has 106 valence electrons. The van der Waals surface area contributed by atoms with Gasteiger partial charge in [0.15, 0.2) is 0 Å². The van der Waals surface area contributed by atoms with Gasteiger partial charge in [-0.15, -0.1) is 11.8 Å². The van der Waals surface area contributed by atoms with E-state index in [1.54, 1.807) is 6.92 Å². The standard InChI is InChI=1S/C12H22O5S/c1-6-9(14)10(15)11(16)12(17-6)18-8-5-3-2-4-7(8)13/h6-16H,2-5H2,1H3/t6-,7?,8?,9+,10+,11-,12-/m0/s1. The normalized spacial score (nSPS) is 50.2. The second kappa shape index (κ2) is 6.07. The number of aliphatic hydroxyl groups is 4. The van der Waals surface area contributed by atoms with E-state index in [1.165, 1.54) is 11.8 Å². The van der Waals surface area contributed by atoms with Gasteiger partial charge in [-0.05, 0) is 19.8 Å². The quantitative estimate of drug-likeness (QED) is 0.562. The summed E-state index contributed by atoms with van der Waals surface area (Å²) in [4.78, 5) is 0. The lowest BCUT2D eigenvalue weighted by molar-refractivity contribution is -0.192. The Bertz CT molecular complexity index is 277. The highest BCUT2D eigenvalue weighted by molar-refractivity contribution is 8.00. The maximum atomic E-state index is 9.91. The highest BCUT2D eigenvalue weighted by Gasteiger charge is 2.43. The van der Waals surface area contributed by atoms with E-state index in [4.69, 9.17) is 4.74 Å². The SMILES string of the molecule is C[C@@H]1O[C@@H](SC2CCCCC2O)[C@@H](O)[C@H](O)[C@@H]1O. The zero-order valence-electron chi connectivity index (χ0n) is 10.5. The van der Waals surface area contributed by atoms with E-state index in [0.29, 0.717) is 0 Å². The number of ether oxygens (including phenoxy) is 1. The molecule has 0 aromatic heterocycles. The molecule has 7 atom stereocenters. The summed E-state index contributed by atoms with van der Waals surface area (Å²) in [6.07, 6.45) is -0.481. The maximum Gasteiger partial charge on any atom is 0.132 e. The Morgan fingerprint density at radius 3 is 2.28 bits per heavy atom. The fraction of sp³-hybridized carbons (Fsp3) is 1.00. The molecule has 6 heteroatoms. The molecule has 18 heavy (non-hydrogen) atoms. The van der Waals surface area contributed by atoms with Crippen molar-refractivity contribution in [3.63, 3.8) is 0 Å². The van der Waals surface area contributed by atoms with Gasteiger partial charge in [-0.3, -0.25) is 0 Å². The second-order valence-electron chi connectivity index (χ2n) is 5.21. The van der Waals surface area contributed by atoms with Crippen LogP contribution in [0.15, 0.2) is 0 Å². The van der Waals surface area contributed by atoms with Crippen LogP contribution in [0.3, 0.4) is 0 Å². The summed E-state index contributed by atoms with van der Waals surface area (Å²) in [5, 5.41) is 39.2. The molecule has 4 N–H and O–H groups in total. The van der Waals surface area contributed by atoms with Gasteiger partial charge in [-0.1, -0.05) is 12.8 Å². The van der Waals surface area contributed by atoms with Gasteiger partial charge in [0.25, 0.3) is 0 Å². The molecule has 0 radical (unpaired) electrons. The van der Waals surface area contributed by atoms with Crippen LogP contribution in [0.2, 0.25) is 0 Å². The minimum atomic E-state index is -1.19. The number of hydrogen-bond donors (Lipinski definition) is 4. The summed E-state index contributed by atoms with van der Waals surface area (Å²) < 4.78 is 5.52. The summed E-state index contributed by atoms with van der Waals surface area (Å²) in [5.74, 6) is 0. The lowest BCUT2D eigenvalue weighted by Crippen LogP contribution is -2.56. The van der Waals surface area contributed by atoms with E-state index in [2.05, 4.69) is 0 Å². The van der Waals surface area contributed by atoms with Gasteiger partial charge in [-0.25, -0.2) is 0 Å². The predicted octanol–water partition coefficient (Wildman–Crippen LogP) is -0.149. The van der Waals surface area contributed by atoms with Crippen molar-refractivity contribution in [2.45, 2.75) is 73.8 Å². The summed E-state index contributed by atoms with van der Waals surface area (Å²) >= 11 is 1.37. The van der Waals surface area contributed by atoms with Crippen LogP contribution in [-0.2, 0) is 4.74 Å². The molecule has 5 nitrogen and oxygen atoms in total. The Morgan fingerprint density at radius 2 is 1.61 bits per heavy atom. The third kappa shape index (κ3) is 3.00. The van der Waals surface area contributed by atoms with E-state index < -0.39 is 29.9 Å². The average Bonchev–Trinajstić information content (AvgIpc) is 2.36. The van der Waals surface area contributed by atoms with Crippen molar-refractivity contribution >= 4 is 11.8 Å². The molecule has 0 aromatic carbocycles. The Balaban J connectivity index is 1.95. The van der Waals surface area contributed by atoms with Crippen molar-refractivity contribution in [2.24, 2.45) is 0 Å². The van der Waals surface area contributed by atoms with Crippen molar-refractivity contribution in [1.82, 2.24) is 0 Å². The van der Waals surface area contributed by atoms with E-state index in [0.717, 1.165) is 25.7 Å². The molecule has 1 saturated carbocycles. The molecule has 1 heterocycles. The molecule has 0 aromatic rings. The molecule has 0 spiro atoms. The molecule has 0 bridgehead atoms. The highest BCUT2D eigenvalue weighted by atomic mass is 32.2. The predicted molar refractivity (Wildman–Crippen MR) is 68.2 cm³/mol. The van der Waals surface area contributed by atoms with Crippen LogP contribution < -0.4 is 0 Å². The van der Waals surface area contributed by atoms with Crippen molar-refractivity contribution in [3.05, 3.63) is 0 Å². The number of rotatable bonds is 2. The summed E-state index contributed by atoms with van der Waals surface area (Å²) in [6, 6.07) is 0. The fourth-order valence-electron chi connectivity index (χ4n) is 2.53. The Hall–Kier alpha value is 0.150. The monoisotopic (exact) mass is 278 g/mol. The van der Waals surface area contributed by atoms with Crippen LogP contribution in [0.4, 0.5) is 0 Å². The van der Waals surface area contributed by atoms with Gasteiger partial charge >= 0.3 is 0 Å². The van der Waals surface area contributed by atoms with E-state index >= 15 is 0 Å². The Labute approximate surface area is 111 Å². The fourth-order valence-corrected chi connectivity index (χ4v) is 4.06. The largest absolute Gasteiger partial charge is 0.392 e. The van der Waals surface area contributed by atoms with E-state index in [1.807, 2.05) is 0 Å². The van der Waals surface area contributed by atoms with E-state index in [9.17, 15) is 20.4 Å². The highest BCUT2D eigenvalue weighted by Crippen LogP contribution is 2.36.